The molecule has 1 aromatic heterocycles. The molecule has 5 nitrogen and oxygen atoms in total. The number of ether oxygens (including phenoxy) is 1. The van der Waals surface area contributed by atoms with Crippen molar-refractivity contribution in [1.82, 2.24) is 14.8 Å². The molecular formula is C15H29IN4O. The van der Waals surface area contributed by atoms with Crippen LogP contribution >= 0.6 is 24.0 Å². The van der Waals surface area contributed by atoms with Crippen molar-refractivity contribution < 1.29 is 4.74 Å². The summed E-state index contributed by atoms with van der Waals surface area (Å²) in [6, 6.07) is 4.20. The van der Waals surface area contributed by atoms with Crippen molar-refractivity contribution in [3.63, 3.8) is 0 Å². The third-order valence-electron chi connectivity index (χ3n) is 3.06. The fourth-order valence-electron chi connectivity index (χ4n) is 1.94. The fourth-order valence-corrected chi connectivity index (χ4v) is 1.94. The van der Waals surface area contributed by atoms with Gasteiger partial charge in [0.05, 0.1) is 6.54 Å². The van der Waals surface area contributed by atoms with Gasteiger partial charge in [0, 0.05) is 52.3 Å². The molecule has 0 bridgehead atoms. The molecule has 0 aliphatic heterocycles. The number of guanidine groups is 1. The first-order valence-electron chi connectivity index (χ1n) is 7.36. The van der Waals surface area contributed by atoms with Crippen molar-refractivity contribution in [3.05, 3.63) is 24.0 Å². The van der Waals surface area contributed by atoms with Gasteiger partial charge in [-0.1, -0.05) is 0 Å². The number of halogens is 1. The predicted molar refractivity (Wildman–Crippen MR) is 99.4 cm³/mol. The average Bonchev–Trinajstić information content (AvgIpc) is 2.83. The molecule has 0 saturated heterocycles. The zero-order chi connectivity index (χ0) is 14.8. The van der Waals surface area contributed by atoms with Crippen LogP contribution in [0.1, 0.15) is 26.0 Å². The number of aryl methyl sites for hydroxylation is 1. The van der Waals surface area contributed by atoms with E-state index in [1.54, 1.807) is 0 Å². The number of hydrogen-bond acceptors (Lipinski definition) is 2. The van der Waals surface area contributed by atoms with Gasteiger partial charge in [0.2, 0.25) is 0 Å². The molecule has 1 aromatic rings. The van der Waals surface area contributed by atoms with E-state index in [2.05, 4.69) is 59.1 Å². The highest BCUT2D eigenvalue weighted by Gasteiger charge is 2.07. The summed E-state index contributed by atoms with van der Waals surface area (Å²) < 4.78 is 7.46. The Balaban J connectivity index is 0.00000400. The molecule has 122 valence electrons. The van der Waals surface area contributed by atoms with E-state index in [1.165, 1.54) is 5.69 Å². The molecule has 0 unspecified atom stereocenters. The summed E-state index contributed by atoms with van der Waals surface area (Å²) in [6.45, 7) is 8.17. The van der Waals surface area contributed by atoms with E-state index in [4.69, 9.17) is 4.74 Å². The van der Waals surface area contributed by atoms with Crippen molar-refractivity contribution >= 4 is 29.9 Å². The highest BCUT2D eigenvalue weighted by Crippen LogP contribution is 2.03. The molecule has 0 aliphatic rings. The van der Waals surface area contributed by atoms with E-state index in [0.29, 0.717) is 0 Å². The maximum Gasteiger partial charge on any atom is 0.194 e. The molecule has 0 aromatic carbocycles. The number of nitrogens with zero attached hydrogens (tertiary/aromatic N) is 3. The van der Waals surface area contributed by atoms with E-state index in [9.17, 15) is 0 Å². The molecule has 1 heterocycles. The second kappa shape index (κ2) is 11.9. The van der Waals surface area contributed by atoms with Crippen LogP contribution in [-0.2, 0) is 18.3 Å². The average molecular weight is 408 g/mol. The van der Waals surface area contributed by atoms with E-state index in [1.807, 2.05) is 6.92 Å². The zero-order valence-corrected chi connectivity index (χ0v) is 16.0. The maximum absolute atomic E-state index is 5.33. The van der Waals surface area contributed by atoms with Crippen LogP contribution in [0.4, 0.5) is 0 Å². The lowest BCUT2D eigenvalue weighted by atomic mass is 10.4. The Hall–Kier alpha value is -0.760. The Kier molecular flexibility index (Phi) is 11.4. The van der Waals surface area contributed by atoms with Crippen LogP contribution in [0.25, 0.3) is 0 Å². The van der Waals surface area contributed by atoms with Crippen molar-refractivity contribution in [2.24, 2.45) is 12.0 Å². The molecule has 0 atom stereocenters. The van der Waals surface area contributed by atoms with Crippen molar-refractivity contribution in [3.8, 4) is 0 Å². The minimum absolute atomic E-state index is 0. The van der Waals surface area contributed by atoms with Gasteiger partial charge in [-0.2, -0.15) is 0 Å². The van der Waals surface area contributed by atoms with Gasteiger partial charge >= 0.3 is 0 Å². The number of rotatable bonds is 8. The molecular weight excluding hydrogens is 379 g/mol. The van der Waals surface area contributed by atoms with Gasteiger partial charge in [0.25, 0.3) is 0 Å². The van der Waals surface area contributed by atoms with Crippen LogP contribution in [0.15, 0.2) is 23.3 Å². The lowest BCUT2D eigenvalue weighted by Gasteiger charge is -2.22. The topological polar surface area (TPSA) is 41.8 Å². The predicted octanol–water partition coefficient (Wildman–Crippen LogP) is 2.47. The van der Waals surface area contributed by atoms with Gasteiger partial charge < -0.3 is 19.5 Å². The Labute approximate surface area is 145 Å². The second-order valence-electron chi connectivity index (χ2n) is 4.75. The van der Waals surface area contributed by atoms with E-state index >= 15 is 0 Å². The molecule has 0 saturated carbocycles. The standard InChI is InChI=1S/C15H28N4O.HI/c1-5-16-15(17-10-8-12-20-6-2)19(4)13-14-9-7-11-18(14)3;/h7,9,11H,5-6,8,10,12-13H2,1-4H3,(H,16,17);1H. The van der Waals surface area contributed by atoms with Crippen molar-refractivity contribution in [1.29, 1.82) is 0 Å². The highest BCUT2D eigenvalue weighted by atomic mass is 127. The number of aromatic nitrogens is 1. The van der Waals surface area contributed by atoms with Crippen LogP contribution in [0, 0.1) is 0 Å². The van der Waals surface area contributed by atoms with Crippen molar-refractivity contribution in [2.45, 2.75) is 26.8 Å². The first-order chi connectivity index (χ1) is 9.69. The Bertz CT molecular complexity index is 406. The first-order valence-corrected chi connectivity index (χ1v) is 7.36. The van der Waals surface area contributed by atoms with Gasteiger partial charge in [-0.05, 0) is 32.4 Å². The quantitative estimate of drug-likeness (QED) is 0.311. The van der Waals surface area contributed by atoms with Crippen LogP contribution in [0.2, 0.25) is 0 Å². The molecule has 0 amide bonds. The van der Waals surface area contributed by atoms with Gasteiger partial charge in [0.15, 0.2) is 5.96 Å². The fraction of sp³-hybridized carbons (Fsp3) is 0.667. The zero-order valence-electron chi connectivity index (χ0n) is 13.6. The number of nitrogens with one attached hydrogen (secondary N) is 1. The van der Waals surface area contributed by atoms with Gasteiger partial charge in [-0.3, -0.25) is 4.99 Å². The molecule has 1 N–H and O–H groups in total. The number of hydrogen-bond donors (Lipinski definition) is 1. The third kappa shape index (κ3) is 7.71. The van der Waals surface area contributed by atoms with E-state index in [-0.39, 0.29) is 24.0 Å². The normalized spacial score (nSPS) is 11.1. The molecule has 1 rings (SSSR count). The number of aliphatic imine (C=N–C) groups is 1. The summed E-state index contributed by atoms with van der Waals surface area (Å²) in [6.07, 6.45) is 3.02. The summed E-state index contributed by atoms with van der Waals surface area (Å²) in [4.78, 5) is 6.79. The van der Waals surface area contributed by atoms with Gasteiger partial charge in [0.1, 0.15) is 0 Å². The summed E-state index contributed by atoms with van der Waals surface area (Å²) in [5.41, 5.74) is 1.27. The summed E-state index contributed by atoms with van der Waals surface area (Å²) in [5, 5.41) is 3.33. The van der Waals surface area contributed by atoms with E-state index in [0.717, 1.165) is 45.2 Å². The lowest BCUT2D eigenvalue weighted by Crippen LogP contribution is -2.38. The van der Waals surface area contributed by atoms with Crippen molar-refractivity contribution in [2.75, 3.05) is 33.4 Å². The van der Waals surface area contributed by atoms with Crippen LogP contribution < -0.4 is 5.32 Å². The molecule has 6 heteroatoms. The molecule has 0 radical (unpaired) electrons. The Morgan fingerprint density at radius 3 is 2.76 bits per heavy atom. The highest BCUT2D eigenvalue weighted by molar-refractivity contribution is 14.0. The SMILES string of the molecule is CCNC(=NCCCOCC)N(C)Cc1cccn1C.I. The second-order valence-corrected chi connectivity index (χ2v) is 4.75. The monoisotopic (exact) mass is 408 g/mol. The molecule has 21 heavy (non-hydrogen) atoms. The molecule has 0 fully saturated rings. The third-order valence-corrected chi connectivity index (χ3v) is 3.06. The van der Waals surface area contributed by atoms with Crippen LogP contribution in [-0.4, -0.2) is 48.8 Å². The molecule has 0 spiro atoms. The maximum atomic E-state index is 5.33. The smallest absolute Gasteiger partial charge is 0.194 e. The Morgan fingerprint density at radius 1 is 1.43 bits per heavy atom. The van der Waals surface area contributed by atoms with Gasteiger partial charge in [-0.15, -0.1) is 24.0 Å². The Morgan fingerprint density at radius 2 is 2.19 bits per heavy atom. The minimum atomic E-state index is 0. The summed E-state index contributed by atoms with van der Waals surface area (Å²) in [7, 11) is 4.13. The largest absolute Gasteiger partial charge is 0.382 e. The summed E-state index contributed by atoms with van der Waals surface area (Å²) in [5.74, 6) is 0.949. The molecule has 0 aliphatic carbocycles. The van der Waals surface area contributed by atoms with E-state index < -0.39 is 0 Å². The lowest BCUT2D eigenvalue weighted by molar-refractivity contribution is 0.146. The van der Waals surface area contributed by atoms with Gasteiger partial charge in [-0.25, -0.2) is 0 Å². The summed E-state index contributed by atoms with van der Waals surface area (Å²) >= 11 is 0. The first kappa shape index (κ1) is 20.2. The van der Waals surface area contributed by atoms with Crippen LogP contribution in [0.3, 0.4) is 0 Å². The van der Waals surface area contributed by atoms with Crippen LogP contribution in [0.5, 0.6) is 0 Å². The minimum Gasteiger partial charge on any atom is -0.382 e.